The first kappa shape index (κ1) is 40.0. The molecule has 52 heavy (non-hydrogen) atoms. The minimum Gasteiger partial charge on any atom is -0.488 e. The van der Waals surface area contributed by atoms with Gasteiger partial charge in [0.15, 0.2) is 0 Å². The molecule has 0 saturated heterocycles. The summed E-state index contributed by atoms with van der Waals surface area (Å²) in [6, 6.07) is 22.8. The molecule has 0 bridgehead atoms. The van der Waals surface area contributed by atoms with Gasteiger partial charge >= 0.3 is 23.9 Å². The van der Waals surface area contributed by atoms with E-state index in [1.165, 1.54) is 9.80 Å². The Bertz CT molecular complexity index is 1780. The lowest BCUT2D eigenvalue weighted by molar-refractivity contribution is -0.144. The molecule has 4 N–H and O–H groups in total. The second kappa shape index (κ2) is 18.6. The Kier molecular flexibility index (Phi) is 14.4. The molecule has 4 aromatic rings. The molecule has 0 unspecified atom stereocenters. The number of hydrogen-bond acceptors (Lipinski definition) is 8. The van der Waals surface area contributed by atoms with Gasteiger partial charge in [-0.05, 0) is 114 Å². The zero-order chi connectivity index (χ0) is 37.9. The maximum atomic E-state index is 11.2. The maximum Gasteiger partial charge on any atom is 0.317 e. The van der Waals surface area contributed by atoms with Crippen LogP contribution in [0.2, 0.25) is 0 Å². The molecule has 0 heterocycles. The third-order valence-corrected chi connectivity index (χ3v) is 9.43. The molecule has 0 atom stereocenters. The van der Waals surface area contributed by atoms with Crippen LogP contribution >= 0.6 is 31.9 Å². The van der Waals surface area contributed by atoms with Crippen LogP contribution in [-0.4, -0.2) is 80.3 Å². The fourth-order valence-corrected chi connectivity index (χ4v) is 6.79. The van der Waals surface area contributed by atoms with Crippen LogP contribution in [0.5, 0.6) is 11.5 Å². The van der Waals surface area contributed by atoms with Gasteiger partial charge in [0, 0.05) is 13.1 Å². The van der Waals surface area contributed by atoms with Crippen molar-refractivity contribution in [1.29, 1.82) is 0 Å². The molecule has 0 aliphatic rings. The third-order valence-electron chi connectivity index (χ3n) is 8.19. The summed E-state index contributed by atoms with van der Waals surface area (Å²) < 4.78 is 13.7. The Balaban J connectivity index is 1.43. The van der Waals surface area contributed by atoms with E-state index >= 15 is 0 Å². The number of rotatable bonds is 19. The summed E-state index contributed by atoms with van der Waals surface area (Å²) in [5.74, 6) is -3.25. The van der Waals surface area contributed by atoms with Gasteiger partial charge in [-0.1, -0.05) is 48.5 Å². The first-order valence-corrected chi connectivity index (χ1v) is 17.6. The Hall–Kier alpha value is -4.76. The summed E-state index contributed by atoms with van der Waals surface area (Å²) in [6.07, 6.45) is 0. The highest BCUT2D eigenvalue weighted by atomic mass is 79.9. The molecule has 14 heteroatoms. The summed E-state index contributed by atoms with van der Waals surface area (Å²) in [4.78, 5) is 47.4. The highest BCUT2D eigenvalue weighted by Gasteiger charge is 2.17. The summed E-state index contributed by atoms with van der Waals surface area (Å²) >= 11 is 7.06. The molecular formula is C38H38Br2N2O10. The molecule has 4 aromatic carbocycles. The van der Waals surface area contributed by atoms with Crippen LogP contribution in [0.4, 0.5) is 0 Å². The maximum absolute atomic E-state index is 11.2. The summed E-state index contributed by atoms with van der Waals surface area (Å²) in [5.41, 5.74) is 7.63. The predicted molar refractivity (Wildman–Crippen MR) is 199 cm³/mol. The molecule has 0 aromatic heterocycles. The van der Waals surface area contributed by atoms with Crippen molar-refractivity contribution in [3.63, 3.8) is 0 Å². The van der Waals surface area contributed by atoms with Gasteiger partial charge in [-0.15, -0.1) is 0 Å². The van der Waals surface area contributed by atoms with Crippen molar-refractivity contribution in [3.05, 3.63) is 115 Å². The van der Waals surface area contributed by atoms with Gasteiger partial charge < -0.3 is 29.9 Å². The van der Waals surface area contributed by atoms with Crippen LogP contribution in [0.3, 0.4) is 0 Å². The van der Waals surface area contributed by atoms with Gasteiger partial charge in [0.1, 0.15) is 24.7 Å². The Morgan fingerprint density at radius 2 is 0.904 bits per heavy atom. The quantitative estimate of drug-likeness (QED) is 0.0799. The average molecular weight is 843 g/mol. The number of hydrogen-bond donors (Lipinski definition) is 4. The van der Waals surface area contributed by atoms with E-state index in [4.69, 9.17) is 29.9 Å². The molecule has 0 spiro atoms. The van der Waals surface area contributed by atoms with Gasteiger partial charge in [0.25, 0.3) is 0 Å². The Morgan fingerprint density at radius 1 is 0.558 bits per heavy atom. The number of carboxylic acids is 4. The minimum absolute atomic E-state index is 0.150. The number of carbonyl (C=O) groups is 4. The molecular weight excluding hydrogens is 804 g/mol. The minimum atomic E-state index is -1.11. The summed E-state index contributed by atoms with van der Waals surface area (Å²) in [6.45, 7) is 3.39. The first-order chi connectivity index (χ1) is 24.7. The molecule has 0 aliphatic carbocycles. The molecule has 274 valence electrons. The lowest BCUT2D eigenvalue weighted by Crippen LogP contribution is -2.33. The van der Waals surface area contributed by atoms with E-state index in [0.29, 0.717) is 20.4 Å². The SMILES string of the molecule is Cc1c(COc2ccc(CN(CC(=O)O)CC(=O)O)cc2Br)cccc1-c1cccc(COc2ccc(CN(CC(=O)O)CC(=O)O)cc2Br)c1C. The first-order valence-electron chi connectivity index (χ1n) is 16.0. The second-order valence-electron chi connectivity index (χ2n) is 12.2. The van der Waals surface area contributed by atoms with E-state index in [1.807, 2.05) is 38.1 Å². The highest BCUT2D eigenvalue weighted by molar-refractivity contribution is 9.10. The highest BCUT2D eigenvalue weighted by Crippen LogP contribution is 2.33. The van der Waals surface area contributed by atoms with E-state index in [0.717, 1.165) is 44.5 Å². The smallest absolute Gasteiger partial charge is 0.317 e. The molecule has 0 fully saturated rings. The van der Waals surface area contributed by atoms with Crippen LogP contribution in [0.1, 0.15) is 33.4 Å². The lowest BCUT2D eigenvalue weighted by atomic mass is 9.92. The van der Waals surface area contributed by atoms with Gasteiger partial charge in [-0.3, -0.25) is 29.0 Å². The van der Waals surface area contributed by atoms with Gasteiger partial charge in [-0.25, -0.2) is 0 Å². The predicted octanol–water partition coefficient (Wildman–Crippen LogP) is 6.60. The second-order valence-corrected chi connectivity index (χ2v) is 13.9. The van der Waals surface area contributed by atoms with E-state index < -0.39 is 50.1 Å². The fraction of sp³-hybridized carbons (Fsp3) is 0.263. The van der Waals surface area contributed by atoms with Crippen molar-refractivity contribution in [3.8, 4) is 22.6 Å². The van der Waals surface area contributed by atoms with Crippen molar-refractivity contribution in [2.75, 3.05) is 26.2 Å². The molecule has 12 nitrogen and oxygen atoms in total. The molecule has 0 saturated carbocycles. The number of carboxylic acid groups (broad SMARTS) is 4. The number of halogens is 2. The standard InChI is InChI=1S/C38H38Br2N2O10/c1-23-27(21-51-33-11-9-25(13-31(33)39)15-41(17-35(43)44)18-36(45)46)5-3-7-29(23)30-8-4-6-28(24(30)2)22-52-34-12-10-26(14-32(34)40)16-42(19-37(47)48)20-38(49)50/h3-14H,15-22H2,1-2H3,(H,43,44)(H,45,46)(H,47,48)(H,49,50). The fourth-order valence-electron chi connectivity index (χ4n) is 5.71. The third kappa shape index (κ3) is 11.6. The van der Waals surface area contributed by atoms with Crippen molar-refractivity contribution in [2.24, 2.45) is 0 Å². The van der Waals surface area contributed by atoms with Crippen molar-refractivity contribution >= 4 is 55.7 Å². The number of nitrogens with zero attached hydrogens (tertiary/aromatic N) is 2. The summed E-state index contributed by atoms with van der Waals surface area (Å²) in [7, 11) is 0. The van der Waals surface area contributed by atoms with Crippen LogP contribution in [-0.2, 0) is 45.5 Å². The monoisotopic (exact) mass is 840 g/mol. The van der Waals surface area contributed by atoms with E-state index in [9.17, 15) is 19.2 Å². The van der Waals surface area contributed by atoms with Crippen molar-refractivity contribution < 1.29 is 49.1 Å². The van der Waals surface area contributed by atoms with E-state index in [2.05, 4.69) is 44.0 Å². The van der Waals surface area contributed by atoms with Crippen LogP contribution in [0.15, 0.2) is 81.7 Å². The summed E-state index contributed by atoms with van der Waals surface area (Å²) in [5, 5.41) is 36.6. The Morgan fingerprint density at radius 3 is 1.21 bits per heavy atom. The normalized spacial score (nSPS) is 11.1. The van der Waals surface area contributed by atoms with Crippen LogP contribution in [0, 0.1) is 13.8 Å². The largest absolute Gasteiger partial charge is 0.488 e. The lowest BCUT2D eigenvalue weighted by Gasteiger charge is -2.19. The van der Waals surface area contributed by atoms with Crippen molar-refractivity contribution in [1.82, 2.24) is 9.80 Å². The zero-order valence-electron chi connectivity index (χ0n) is 28.5. The number of benzene rings is 4. The Labute approximate surface area is 317 Å². The van der Waals surface area contributed by atoms with E-state index in [1.54, 1.807) is 36.4 Å². The number of ether oxygens (including phenoxy) is 2. The zero-order valence-corrected chi connectivity index (χ0v) is 31.6. The van der Waals surface area contributed by atoms with Crippen LogP contribution in [0.25, 0.3) is 11.1 Å². The van der Waals surface area contributed by atoms with E-state index in [-0.39, 0.29) is 26.3 Å². The van der Waals surface area contributed by atoms with Gasteiger partial charge in [-0.2, -0.15) is 0 Å². The van der Waals surface area contributed by atoms with Gasteiger partial charge in [0.05, 0.1) is 35.1 Å². The average Bonchev–Trinajstić information content (AvgIpc) is 3.04. The molecule has 0 aliphatic heterocycles. The molecule has 4 rings (SSSR count). The topological polar surface area (TPSA) is 174 Å². The molecule has 0 amide bonds. The van der Waals surface area contributed by atoms with Crippen LogP contribution < -0.4 is 9.47 Å². The van der Waals surface area contributed by atoms with Crippen molar-refractivity contribution in [2.45, 2.75) is 40.2 Å². The van der Waals surface area contributed by atoms with Gasteiger partial charge in [0.2, 0.25) is 0 Å². The number of aliphatic carboxylic acids is 4. The molecule has 0 radical (unpaired) electrons.